The third-order valence-electron chi connectivity index (χ3n) is 2.17. The Bertz CT molecular complexity index is 539. The highest BCUT2D eigenvalue weighted by Gasteiger charge is 2.13. The number of benzene rings is 1. The standard InChI is InChI=1S/C12H10ClNO2S/c1-16-11-7-17-6-10(11)12(15)14-9-4-2-3-8(13)5-9/h2-7H,1H3,(H,14,15). The van der Waals surface area contributed by atoms with Gasteiger partial charge in [0.15, 0.2) is 0 Å². The molecule has 0 saturated heterocycles. The number of halogens is 1. The first-order valence-electron chi connectivity index (χ1n) is 4.88. The van der Waals surface area contributed by atoms with Crippen molar-refractivity contribution in [1.29, 1.82) is 0 Å². The Morgan fingerprint density at radius 1 is 1.41 bits per heavy atom. The number of ether oxygens (including phenoxy) is 1. The van der Waals surface area contributed by atoms with Gasteiger partial charge in [-0.2, -0.15) is 0 Å². The zero-order valence-electron chi connectivity index (χ0n) is 9.07. The first kappa shape index (κ1) is 12.0. The number of methoxy groups -OCH3 is 1. The van der Waals surface area contributed by atoms with E-state index in [1.54, 1.807) is 35.0 Å². The highest BCUT2D eigenvalue weighted by molar-refractivity contribution is 7.08. The van der Waals surface area contributed by atoms with E-state index < -0.39 is 0 Å². The van der Waals surface area contributed by atoms with Crippen LogP contribution in [0.15, 0.2) is 35.0 Å². The topological polar surface area (TPSA) is 38.3 Å². The third-order valence-corrected chi connectivity index (χ3v) is 3.13. The predicted molar refractivity (Wildman–Crippen MR) is 70.3 cm³/mol. The Morgan fingerprint density at radius 2 is 2.24 bits per heavy atom. The Hall–Kier alpha value is -1.52. The summed E-state index contributed by atoms with van der Waals surface area (Å²) in [5, 5.41) is 6.88. The normalized spacial score (nSPS) is 10.0. The van der Waals surface area contributed by atoms with Crippen molar-refractivity contribution in [2.45, 2.75) is 0 Å². The minimum absolute atomic E-state index is 0.203. The molecule has 0 saturated carbocycles. The van der Waals surface area contributed by atoms with Gasteiger partial charge in [-0.1, -0.05) is 17.7 Å². The van der Waals surface area contributed by atoms with Crippen molar-refractivity contribution in [1.82, 2.24) is 0 Å². The summed E-state index contributed by atoms with van der Waals surface area (Å²) in [6.07, 6.45) is 0. The maximum absolute atomic E-state index is 11.9. The molecule has 0 unspecified atom stereocenters. The Morgan fingerprint density at radius 3 is 2.94 bits per heavy atom. The van der Waals surface area contributed by atoms with Crippen molar-refractivity contribution >= 4 is 34.5 Å². The zero-order chi connectivity index (χ0) is 12.3. The number of rotatable bonds is 3. The molecule has 3 nitrogen and oxygen atoms in total. The molecule has 1 heterocycles. The number of hydrogen-bond acceptors (Lipinski definition) is 3. The predicted octanol–water partition coefficient (Wildman–Crippen LogP) is 3.66. The molecule has 0 bridgehead atoms. The highest BCUT2D eigenvalue weighted by atomic mass is 35.5. The van der Waals surface area contributed by atoms with Gasteiger partial charge in [0.2, 0.25) is 0 Å². The molecular weight excluding hydrogens is 258 g/mol. The second-order valence-corrected chi connectivity index (χ2v) is 4.50. The van der Waals surface area contributed by atoms with Gasteiger partial charge in [0.25, 0.3) is 5.91 Å². The van der Waals surface area contributed by atoms with Crippen LogP contribution in [0.5, 0.6) is 5.75 Å². The molecule has 1 amide bonds. The molecule has 0 fully saturated rings. The quantitative estimate of drug-likeness (QED) is 0.922. The molecule has 0 atom stereocenters. The minimum Gasteiger partial charge on any atom is -0.495 e. The van der Waals surface area contributed by atoms with E-state index in [1.165, 1.54) is 18.4 Å². The molecule has 0 radical (unpaired) electrons. The van der Waals surface area contributed by atoms with Crippen LogP contribution in [0.4, 0.5) is 5.69 Å². The van der Waals surface area contributed by atoms with Crippen molar-refractivity contribution in [2.24, 2.45) is 0 Å². The lowest BCUT2D eigenvalue weighted by Crippen LogP contribution is -2.11. The van der Waals surface area contributed by atoms with Crippen LogP contribution in [-0.4, -0.2) is 13.0 Å². The van der Waals surface area contributed by atoms with Crippen LogP contribution >= 0.6 is 22.9 Å². The summed E-state index contributed by atoms with van der Waals surface area (Å²) in [4.78, 5) is 11.9. The van der Waals surface area contributed by atoms with Gasteiger partial charge in [-0.15, -0.1) is 11.3 Å². The van der Waals surface area contributed by atoms with Gasteiger partial charge in [-0.05, 0) is 18.2 Å². The summed E-state index contributed by atoms with van der Waals surface area (Å²) >= 11 is 7.26. The number of carbonyl (C=O) groups is 1. The number of hydrogen-bond donors (Lipinski definition) is 1. The number of nitrogens with one attached hydrogen (secondary N) is 1. The van der Waals surface area contributed by atoms with Gasteiger partial charge in [0.1, 0.15) is 5.75 Å². The number of anilines is 1. The van der Waals surface area contributed by atoms with Crippen LogP contribution in [0.25, 0.3) is 0 Å². The maximum atomic E-state index is 11.9. The summed E-state index contributed by atoms with van der Waals surface area (Å²) in [6, 6.07) is 7.01. The largest absolute Gasteiger partial charge is 0.495 e. The van der Waals surface area contributed by atoms with Crippen LogP contribution < -0.4 is 10.1 Å². The van der Waals surface area contributed by atoms with Gasteiger partial charge < -0.3 is 10.1 Å². The van der Waals surface area contributed by atoms with E-state index in [0.29, 0.717) is 22.0 Å². The lowest BCUT2D eigenvalue weighted by Gasteiger charge is -2.05. The molecule has 0 aliphatic rings. The fourth-order valence-electron chi connectivity index (χ4n) is 1.37. The molecular formula is C12H10ClNO2S. The highest BCUT2D eigenvalue weighted by Crippen LogP contribution is 2.24. The van der Waals surface area contributed by atoms with Gasteiger partial charge in [-0.25, -0.2) is 0 Å². The molecule has 2 aromatic rings. The molecule has 1 N–H and O–H groups in total. The Balaban J connectivity index is 2.17. The van der Waals surface area contributed by atoms with Gasteiger partial charge >= 0.3 is 0 Å². The molecule has 88 valence electrons. The summed E-state index contributed by atoms with van der Waals surface area (Å²) in [7, 11) is 1.54. The van der Waals surface area contributed by atoms with Gasteiger partial charge in [0, 0.05) is 21.5 Å². The van der Waals surface area contributed by atoms with Crippen molar-refractivity contribution in [3.8, 4) is 5.75 Å². The number of thiophene rings is 1. The van der Waals surface area contributed by atoms with E-state index in [1.807, 2.05) is 0 Å². The lowest BCUT2D eigenvalue weighted by atomic mass is 10.2. The molecule has 0 aliphatic carbocycles. The van der Waals surface area contributed by atoms with E-state index in [9.17, 15) is 4.79 Å². The van der Waals surface area contributed by atoms with Crippen molar-refractivity contribution in [3.63, 3.8) is 0 Å². The molecule has 0 spiro atoms. The van der Waals surface area contributed by atoms with Crippen LogP contribution in [0.3, 0.4) is 0 Å². The summed E-state index contributed by atoms with van der Waals surface area (Å²) in [5.41, 5.74) is 1.19. The van der Waals surface area contributed by atoms with Crippen molar-refractivity contribution < 1.29 is 9.53 Å². The molecule has 5 heteroatoms. The lowest BCUT2D eigenvalue weighted by molar-refractivity contribution is 0.102. The van der Waals surface area contributed by atoms with Crippen LogP contribution in [-0.2, 0) is 0 Å². The van der Waals surface area contributed by atoms with Crippen LogP contribution in [0.2, 0.25) is 5.02 Å². The maximum Gasteiger partial charge on any atom is 0.260 e. The van der Waals surface area contributed by atoms with Gasteiger partial charge in [-0.3, -0.25) is 4.79 Å². The van der Waals surface area contributed by atoms with Crippen molar-refractivity contribution in [2.75, 3.05) is 12.4 Å². The Labute approximate surface area is 108 Å². The van der Waals surface area contributed by atoms with Crippen LogP contribution in [0, 0.1) is 0 Å². The van der Waals surface area contributed by atoms with E-state index in [-0.39, 0.29) is 5.91 Å². The van der Waals surface area contributed by atoms with Crippen molar-refractivity contribution in [3.05, 3.63) is 45.6 Å². The monoisotopic (exact) mass is 267 g/mol. The first-order valence-corrected chi connectivity index (χ1v) is 6.20. The molecule has 1 aromatic carbocycles. The zero-order valence-corrected chi connectivity index (χ0v) is 10.6. The fraction of sp³-hybridized carbons (Fsp3) is 0.0833. The van der Waals surface area contributed by atoms with E-state index in [2.05, 4.69) is 5.32 Å². The number of carbonyl (C=O) groups excluding carboxylic acids is 1. The minimum atomic E-state index is -0.203. The van der Waals surface area contributed by atoms with Crippen LogP contribution in [0.1, 0.15) is 10.4 Å². The SMILES string of the molecule is COc1cscc1C(=O)Nc1cccc(Cl)c1. The summed E-state index contributed by atoms with van der Waals surface area (Å²) in [6.45, 7) is 0. The summed E-state index contributed by atoms with van der Waals surface area (Å²) < 4.78 is 5.09. The third kappa shape index (κ3) is 2.78. The second kappa shape index (κ2) is 5.21. The molecule has 0 aliphatic heterocycles. The Kier molecular flexibility index (Phi) is 3.66. The fourth-order valence-corrected chi connectivity index (χ4v) is 2.34. The average molecular weight is 268 g/mol. The first-order chi connectivity index (χ1) is 8.20. The average Bonchev–Trinajstić information content (AvgIpc) is 2.77. The molecule has 17 heavy (non-hydrogen) atoms. The summed E-state index contributed by atoms with van der Waals surface area (Å²) in [5.74, 6) is 0.375. The molecule has 1 aromatic heterocycles. The molecule has 2 rings (SSSR count). The van der Waals surface area contributed by atoms with E-state index >= 15 is 0 Å². The number of amides is 1. The smallest absolute Gasteiger partial charge is 0.260 e. The second-order valence-electron chi connectivity index (χ2n) is 3.32. The van der Waals surface area contributed by atoms with Gasteiger partial charge in [0.05, 0.1) is 12.7 Å². The van der Waals surface area contributed by atoms with E-state index in [0.717, 1.165) is 0 Å². The van der Waals surface area contributed by atoms with E-state index in [4.69, 9.17) is 16.3 Å².